The Bertz CT molecular complexity index is 494. The van der Waals surface area contributed by atoms with Gasteiger partial charge in [0.15, 0.2) is 5.82 Å². The van der Waals surface area contributed by atoms with Gasteiger partial charge in [0.05, 0.1) is 17.4 Å². The van der Waals surface area contributed by atoms with E-state index in [0.29, 0.717) is 13.1 Å². The highest BCUT2D eigenvalue weighted by atomic mass is 19.1. The van der Waals surface area contributed by atoms with Crippen LogP contribution in [-0.4, -0.2) is 37.1 Å². The minimum Gasteiger partial charge on any atom is -0.396 e. The molecule has 0 saturated carbocycles. The van der Waals surface area contributed by atoms with E-state index < -0.39 is 17.5 Å². The molecule has 104 valence electrons. The molecule has 1 aromatic rings. The number of halogens is 2. The van der Waals surface area contributed by atoms with Crippen LogP contribution in [0.4, 0.5) is 14.5 Å². The maximum Gasteiger partial charge on any atom is 0.257 e. The van der Waals surface area contributed by atoms with E-state index in [0.717, 1.165) is 25.0 Å². The van der Waals surface area contributed by atoms with E-state index in [1.807, 2.05) is 0 Å². The molecule has 1 unspecified atom stereocenters. The first kappa shape index (κ1) is 13.7. The number of carbonyl (C=O) groups is 1. The van der Waals surface area contributed by atoms with Crippen LogP contribution in [0.5, 0.6) is 0 Å². The summed E-state index contributed by atoms with van der Waals surface area (Å²) in [5.74, 6) is -2.14. The number of hydrogen-bond acceptors (Lipinski definition) is 3. The number of carbonyl (C=O) groups excluding carboxylic acids is 1. The summed E-state index contributed by atoms with van der Waals surface area (Å²) >= 11 is 0. The molecule has 2 N–H and O–H groups in total. The Labute approximate surface area is 110 Å². The van der Waals surface area contributed by atoms with Gasteiger partial charge < -0.3 is 15.4 Å². The molecule has 1 amide bonds. The molecule has 0 aliphatic carbocycles. The number of ether oxygens (including phenoxy) is 1. The number of benzene rings is 1. The lowest BCUT2D eigenvalue weighted by Crippen LogP contribution is -2.43. The van der Waals surface area contributed by atoms with Gasteiger partial charge in [-0.15, -0.1) is 0 Å². The second-order valence-electron chi connectivity index (χ2n) is 4.61. The molecule has 1 atom stereocenters. The average Bonchev–Trinajstić information content (AvgIpc) is 2.42. The molecule has 1 aliphatic heterocycles. The zero-order valence-corrected chi connectivity index (χ0v) is 10.7. The molecular weight excluding hydrogens is 254 g/mol. The maximum atomic E-state index is 13.8. The second kappa shape index (κ2) is 5.52. The summed E-state index contributed by atoms with van der Waals surface area (Å²) < 4.78 is 32.2. The van der Waals surface area contributed by atoms with E-state index in [-0.39, 0.29) is 17.4 Å². The lowest BCUT2D eigenvalue weighted by molar-refractivity contribution is 0.0266. The quantitative estimate of drug-likeness (QED) is 0.834. The van der Waals surface area contributed by atoms with Gasteiger partial charge in [0.25, 0.3) is 5.91 Å². The molecule has 19 heavy (non-hydrogen) atoms. The van der Waals surface area contributed by atoms with Gasteiger partial charge in [0.2, 0.25) is 0 Å². The molecule has 0 spiro atoms. The third-order valence-electron chi connectivity index (χ3n) is 3.29. The van der Waals surface area contributed by atoms with Crippen LogP contribution in [0.3, 0.4) is 0 Å². The van der Waals surface area contributed by atoms with Crippen molar-refractivity contribution in [3.63, 3.8) is 0 Å². The monoisotopic (exact) mass is 270 g/mol. The van der Waals surface area contributed by atoms with Crippen LogP contribution < -0.4 is 5.73 Å². The molecule has 1 fully saturated rings. The predicted octanol–water partition coefficient (Wildman–Crippen LogP) is 1.80. The van der Waals surface area contributed by atoms with Crippen molar-refractivity contribution in [2.24, 2.45) is 0 Å². The standard InChI is InChI=1S/C13H16F2N2O2/c1-19-9-3-2-4-17(7-9)13(18)10-5-8(14)6-11(16)12(10)15/h5-6,9H,2-4,7,16H2,1H3. The van der Waals surface area contributed by atoms with Crippen molar-refractivity contribution in [3.8, 4) is 0 Å². The predicted molar refractivity (Wildman–Crippen MR) is 66.7 cm³/mol. The van der Waals surface area contributed by atoms with Crippen LogP contribution in [0, 0.1) is 11.6 Å². The Morgan fingerprint density at radius 1 is 1.47 bits per heavy atom. The first-order chi connectivity index (χ1) is 9.02. The molecule has 2 rings (SSSR count). The number of methoxy groups -OCH3 is 1. The molecule has 1 aromatic carbocycles. The topological polar surface area (TPSA) is 55.6 Å². The van der Waals surface area contributed by atoms with Gasteiger partial charge in [-0.05, 0) is 25.0 Å². The van der Waals surface area contributed by atoms with E-state index in [4.69, 9.17) is 10.5 Å². The fraction of sp³-hybridized carbons (Fsp3) is 0.462. The highest BCUT2D eigenvalue weighted by Gasteiger charge is 2.27. The Morgan fingerprint density at radius 3 is 2.89 bits per heavy atom. The van der Waals surface area contributed by atoms with E-state index in [9.17, 15) is 13.6 Å². The Hall–Kier alpha value is -1.69. The first-order valence-corrected chi connectivity index (χ1v) is 6.09. The summed E-state index contributed by atoms with van der Waals surface area (Å²) in [5, 5.41) is 0. The molecule has 6 heteroatoms. The van der Waals surface area contributed by atoms with Crippen LogP contribution in [0.15, 0.2) is 12.1 Å². The number of hydrogen-bond donors (Lipinski definition) is 1. The Morgan fingerprint density at radius 2 is 2.21 bits per heavy atom. The zero-order chi connectivity index (χ0) is 14.0. The summed E-state index contributed by atoms with van der Waals surface area (Å²) in [6.45, 7) is 0.889. The second-order valence-corrected chi connectivity index (χ2v) is 4.61. The van der Waals surface area contributed by atoms with Crippen LogP contribution in [0.2, 0.25) is 0 Å². The lowest BCUT2D eigenvalue weighted by atomic mass is 10.1. The molecule has 1 saturated heterocycles. The van der Waals surface area contributed by atoms with Crippen LogP contribution >= 0.6 is 0 Å². The summed E-state index contributed by atoms with van der Waals surface area (Å²) in [5.41, 5.74) is 4.65. The number of piperidine rings is 1. The van der Waals surface area contributed by atoms with Gasteiger partial charge in [-0.2, -0.15) is 0 Å². The third-order valence-corrected chi connectivity index (χ3v) is 3.29. The zero-order valence-electron chi connectivity index (χ0n) is 10.7. The van der Waals surface area contributed by atoms with Gasteiger partial charge >= 0.3 is 0 Å². The van der Waals surface area contributed by atoms with Crippen molar-refractivity contribution in [2.75, 3.05) is 25.9 Å². The van der Waals surface area contributed by atoms with Crippen molar-refractivity contribution in [1.29, 1.82) is 0 Å². The molecule has 4 nitrogen and oxygen atoms in total. The molecule has 0 aromatic heterocycles. The van der Waals surface area contributed by atoms with Gasteiger partial charge in [-0.1, -0.05) is 0 Å². The van der Waals surface area contributed by atoms with Crippen LogP contribution in [0.25, 0.3) is 0 Å². The van der Waals surface area contributed by atoms with Crippen LogP contribution in [0.1, 0.15) is 23.2 Å². The first-order valence-electron chi connectivity index (χ1n) is 6.09. The third kappa shape index (κ3) is 2.84. The number of likely N-dealkylation sites (tertiary alicyclic amines) is 1. The minimum absolute atomic E-state index is 0.0633. The van der Waals surface area contributed by atoms with Gasteiger partial charge in [0, 0.05) is 20.2 Å². The highest BCUT2D eigenvalue weighted by molar-refractivity contribution is 5.95. The van der Waals surface area contributed by atoms with Crippen LogP contribution in [-0.2, 0) is 4.74 Å². The van der Waals surface area contributed by atoms with Gasteiger partial charge in [0.1, 0.15) is 5.82 Å². The van der Waals surface area contributed by atoms with E-state index in [1.54, 1.807) is 7.11 Å². The summed E-state index contributed by atoms with van der Waals surface area (Å²) in [6.07, 6.45) is 1.57. The van der Waals surface area contributed by atoms with Crippen molar-refractivity contribution in [2.45, 2.75) is 18.9 Å². The number of nitrogens with two attached hydrogens (primary N) is 1. The molecular formula is C13H16F2N2O2. The minimum atomic E-state index is -0.869. The lowest BCUT2D eigenvalue weighted by Gasteiger charge is -2.32. The highest BCUT2D eigenvalue weighted by Crippen LogP contribution is 2.21. The average molecular weight is 270 g/mol. The van der Waals surface area contributed by atoms with E-state index in [2.05, 4.69) is 0 Å². The fourth-order valence-corrected chi connectivity index (χ4v) is 2.25. The smallest absolute Gasteiger partial charge is 0.257 e. The Kier molecular flexibility index (Phi) is 3.99. The molecule has 0 radical (unpaired) electrons. The van der Waals surface area contributed by atoms with E-state index >= 15 is 0 Å². The number of anilines is 1. The normalized spacial score (nSPS) is 19.5. The number of nitrogens with zero attached hydrogens (tertiary/aromatic N) is 1. The van der Waals surface area contributed by atoms with E-state index in [1.165, 1.54) is 4.90 Å². The molecule has 1 aliphatic rings. The SMILES string of the molecule is COC1CCCN(C(=O)c2cc(F)cc(N)c2F)C1. The van der Waals surface area contributed by atoms with Crippen molar-refractivity contribution >= 4 is 11.6 Å². The Balaban J connectivity index is 2.24. The maximum absolute atomic E-state index is 13.8. The largest absolute Gasteiger partial charge is 0.396 e. The number of nitrogen functional groups attached to an aromatic ring is 1. The fourth-order valence-electron chi connectivity index (χ4n) is 2.25. The summed E-state index contributed by atoms with van der Waals surface area (Å²) in [6, 6.07) is 1.74. The molecule has 1 heterocycles. The number of amides is 1. The van der Waals surface area contributed by atoms with Crippen molar-refractivity contribution in [1.82, 2.24) is 4.90 Å². The van der Waals surface area contributed by atoms with Crippen molar-refractivity contribution < 1.29 is 18.3 Å². The van der Waals surface area contributed by atoms with Gasteiger partial charge in [-0.3, -0.25) is 4.79 Å². The molecule has 0 bridgehead atoms. The number of rotatable bonds is 2. The van der Waals surface area contributed by atoms with Crippen molar-refractivity contribution in [3.05, 3.63) is 29.3 Å². The van der Waals surface area contributed by atoms with Gasteiger partial charge in [-0.25, -0.2) is 8.78 Å². The summed E-state index contributed by atoms with van der Waals surface area (Å²) in [7, 11) is 1.57. The summed E-state index contributed by atoms with van der Waals surface area (Å²) in [4.78, 5) is 13.7.